The molecule has 0 aromatic heterocycles. The molecule has 0 saturated heterocycles. The fourth-order valence-corrected chi connectivity index (χ4v) is 3.36. The van der Waals surface area contributed by atoms with Gasteiger partial charge in [-0.05, 0) is 44.2 Å². The maximum Gasteiger partial charge on any atom is 0.0107 e. The van der Waals surface area contributed by atoms with Gasteiger partial charge in [-0.15, -0.1) is 0 Å². The van der Waals surface area contributed by atoms with Gasteiger partial charge in [0.25, 0.3) is 0 Å². The molecule has 2 aliphatic rings. The first kappa shape index (κ1) is 11.4. The van der Waals surface area contributed by atoms with Gasteiger partial charge in [-0.3, -0.25) is 0 Å². The minimum atomic E-state index is 0.733. The Morgan fingerprint density at radius 2 is 1.80 bits per heavy atom. The lowest BCUT2D eigenvalue weighted by molar-refractivity contribution is 0.382. The third kappa shape index (κ3) is 3.18. The summed E-state index contributed by atoms with van der Waals surface area (Å²) in [4.78, 5) is 0. The van der Waals surface area contributed by atoms with Crippen molar-refractivity contribution in [1.82, 2.24) is 5.32 Å². The Morgan fingerprint density at radius 3 is 2.53 bits per heavy atom. The van der Waals surface area contributed by atoms with Crippen LogP contribution in [0.2, 0.25) is 0 Å². The Kier molecular flexibility index (Phi) is 4.45. The second-order valence-electron chi connectivity index (χ2n) is 5.43. The Hall–Kier alpha value is -0.0800. The maximum atomic E-state index is 5.78. The van der Waals surface area contributed by atoms with Gasteiger partial charge in [-0.2, -0.15) is 0 Å². The minimum Gasteiger partial charge on any atom is -0.330 e. The molecule has 2 heteroatoms. The Bertz CT molecular complexity index is 175. The highest BCUT2D eigenvalue weighted by Gasteiger charge is 2.25. The average Bonchev–Trinajstić information content (AvgIpc) is 2.88. The highest BCUT2D eigenvalue weighted by atomic mass is 14.9. The summed E-state index contributed by atoms with van der Waals surface area (Å²) in [6.45, 7) is 2.10. The molecule has 0 spiro atoms. The Labute approximate surface area is 94.0 Å². The van der Waals surface area contributed by atoms with Gasteiger partial charge in [0.15, 0.2) is 0 Å². The average molecular weight is 210 g/mol. The van der Waals surface area contributed by atoms with E-state index in [4.69, 9.17) is 5.73 Å². The third-order valence-corrected chi connectivity index (χ3v) is 4.40. The Balaban J connectivity index is 1.60. The lowest BCUT2D eigenvalue weighted by atomic mass is 10.0. The predicted octanol–water partition coefficient (Wildman–Crippen LogP) is 2.28. The van der Waals surface area contributed by atoms with Gasteiger partial charge in [-0.25, -0.2) is 0 Å². The zero-order valence-electron chi connectivity index (χ0n) is 9.88. The van der Waals surface area contributed by atoms with Crippen molar-refractivity contribution in [3.05, 3.63) is 0 Å². The molecule has 0 radical (unpaired) electrons. The van der Waals surface area contributed by atoms with Crippen molar-refractivity contribution in [2.75, 3.05) is 13.1 Å². The van der Waals surface area contributed by atoms with Gasteiger partial charge in [0.2, 0.25) is 0 Å². The van der Waals surface area contributed by atoms with Crippen LogP contribution in [0.25, 0.3) is 0 Å². The first-order valence-electron chi connectivity index (χ1n) is 6.83. The molecule has 0 amide bonds. The Morgan fingerprint density at radius 1 is 1.00 bits per heavy atom. The molecule has 15 heavy (non-hydrogen) atoms. The van der Waals surface area contributed by atoms with E-state index in [9.17, 15) is 0 Å². The van der Waals surface area contributed by atoms with Crippen molar-refractivity contribution >= 4 is 0 Å². The number of nitrogens with two attached hydrogens (primary N) is 1. The summed E-state index contributed by atoms with van der Waals surface area (Å²) in [5.74, 6) is 1.78. The largest absolute Gasteiger partial charge is 0.330 e. The number of hydrogen-bond donors (Lipinski definition) is 2. The quantitative estimate of drug-likeness (QED) is 0.730. The molecule has 0 heterocycles. The van der Waals surface area contributed by atoms with E-state index >= 15 is 0 Å². The van der Waals surface area contributed by atoms with Crippen LogP contribution in [-0.2, 0) is 0 Å². The lowest BCUT2D eigenvalue weighted by Gasteiger charge is -2.20. The first-order chi connectivity index (χ1) is 7.40. The molecular weight excluding hydrogens is 184 g/mol. The smallest absolute Gasteiger partial charge is 0.0107 e. The van der Waals surface area contributed by atoms with Crippen molar-refractivity contribution in [3.8, 4) is 0 Å². The SMILES string of the molecule is NCC1CCCC1NCCC1CCCC1. The molecule has 88 valence electrons. The standard InChI is InChI=1S/C13H26N2/c14-10-12-6-3-7-13(12)15-9-8-11-4-1-2-5-11/h11-13,15H,1-10,14H2. The fourth-order valence-electron chi connectivity index (χ4n) is 3.36. The normalized spacial score (nSPS) is 32.6. The van der Waals surface area contributed by atoms with Crippen LogP contribution in [-0.4, -0.2) is 19.1 Å². The van der Waals surface area contributed by atoms with Crippen LogP contribution in [0.5, 0.6) is 0 Å². The van der Waals surface area contributed by atoms with E-state index in [1.54, 1.807) is 0 Å². The van der Waals surface area contributed by atoms with E-state index in [2.05, 4.69) is 5.32 Å². The van der Waals surface area contributed by atoms with Crippen LogP contribution < -0.4 is 11.1 Å². The molecule has 0 bridgehead atoms. The molecule has 0 aromatic rings. The molecule has 2 atom stereocenters. The number of rotatable bonds is 5. The minimum absolute atomic E-state index is 0.733. The summed E-state index contributed by atoms with van der Waals surface area (Å²) in [6, 6.07) is 0.733. The molecule has 2 aliphatic carbocycles. The van der Waals surface area contributed by atoms with Crippen LogP contribution in [0.3, 0.4) is 0 Å². The van der Waals surface area contributed by atoms with Crippen LogP contribution in [0.15, 0.2) is 0 Å². The molecule has 3 N–H and O–H groups in total. The van der Waals surface area contributed by atoms with Crippen LogP contribution in [0.4, 0.5) is 0 Å². The molecule has 2 fully saturated rings. The second kappa shape index (κ2) is 5.86. The van der Waals surface area contributed by atoms with Gasteiger partial charge in [-0.1, -0.05) is 32.1 Å². The number of hydrogen-bond acceptors (Lipinski definition) is 2. The van der Waals surface area contributed by atoms with E-state index in [-0.39, 0.29) is 0 Å². The van der Waals surface area contributed by atoms with E-state index in [0.29, 0.717) is 0 Å². The fraction of sp³-hybridized carbons (Fsp3) is 1.00. The zero-order valence-corrected chi connectivity index (χ0v) is 9.88. The van der Waals surface area contributed by atoms with Crippen LogP contribution >= 0.6 is 0 Å². The second-order valence-corrected chi connectivity index (χ2v) is 5.43. The summed E-state index contributed by atoms with van der Waals surface area (Å²) in [7, 11) is 0. The van der Waals surface area contributed by atoms with Crippen molar-refractivity contribution < 1.29 is 0 Å². The molecule has 2 unspecified atom stereocenters. The van der Waals surface area contributed by atoms with Crippen molar-refractivity contribution in [3.63, 3.8) is 0 Å². The number of nitrogens with one attached hydrogen (secondary N) is 1. The molecule has 0 aliphatic heterocycles. The van der Waals surface area contributed by atoms with E-state index in [1.807, 2.05) is 0 Å². The van der Waals surface area contributed by atoms with Gasteiger partial charge >= 0.3 is 0 Å². The first-order valence-corrected chi connectivity index (χ1v) is 6.83. The zero-order chi connectivity index (χ0) is 10.5. The van der Waals surface area contributed by atoms with Crippen LogP contribution in [0, 0.1) is 11.8 Å². The lowest BCUT2D eigenvalue weighted by Crippen LogP contribution is -2.36. The van der Waals surface area contributed by atoms with Crippen LogP contribution in [0.1, 0.15) is 51.4 Å². The summed E-state index contributed by atoms with van der Waals surface area (Å²) in [5, 5.41) is 3.73. The topological polar surface area (TPSA) is 38.0 Å². The molecule has 0 aromatic carbocycles. The monoisotopic (exact) mass is 210 g/mol. The van der Waals surface area contributed by atoms with Gasteiger partial charge in [0.1, 0.15) is 0 Å². The summed E-state index contributed by atoms with van der Waals surface area (Å²) in [5.41, 5.74) is 5.78. The van der Waals surface area contributed by atoms with Gasteiger partial charge in [0, 0.05) is 6.04 Å². The van der Waals surface area contributed by atoms with Gasteiger partial charge in [0.05, 0.1) is 0 Å². The van der Waals surface area contributed by atoms with Crippen molar-refractivity contribution in [2.24, 2.45) is 17.6 Å². The third-order valence-electron chi connectivity index (χ3n) is 4.40. The molecular formula is C13H26N2. The molecule has 2 rings (SSSR count). The highest BCUT2D eigenvalue weighted by Crippen LogP contribution is 2.28. The van der Waals surface area contributed by atoms with E-state index < -0.39 is 0 Å². The predicted molar refractivity (Wildman–Crippen MR) is 64.8 cm³/mol. The highest BCUT2D eigenvalue weighted by molar-refractivity contribution is 4.83. The molecule has 2 saturated carbocycles. The van der Waals surface area contributed by atoms with Gasteiger partial charge < -0.3 is 11.1 Å². The summed E-state index contributed by atoms with van der Waals surface area (Å²) >= 11 is 0. The summed E-state index contributed by atoms with van der Waals surface area (Å²) < 4.78 is 0. The molecule has 2 nitrogen and oxygen atoms in total. The van der Waals surface area contributed by atoms with Crippen molar-refractivity contribution in [2.45, 2.75) is 57.4 Å². The van der Waals surface area contributed by atoms with E-state index in [0.717, 1.165) is 24.4 Å². The maximum absolute atomic E-state index is 5.78. The van der Waals surface area contributed by atoms with Crippen molar-refractivity contribution in [1.29, 1.82) is 0 Å². The van der Waals surface area contributed by atoms with E-state index in [1.165, 1.54) is 57.9 Å². The summed E-state index contributed by atoms with van der Waals surface area (Å²) in [6.07, 6.45) is 11.4.